The number of amides is 2. The van der Waals surface area contributed by atoms with Gasteiger partial charge in [0.15, 0.2) is 5.75 Å². The SMILES string of the molecule is O=C(CNC(=O)c1ccc(S(=O)(=O)Nc2ccccc2Oc2ccccc2)cc1)NC1CCNCC1. The molecule has 0 radical (unpaired) electrons. The Balaban J connectivity index is 1.36. The standard InChI is InChI=1S/C26H28N4O5S/c31-25(29-20-14-16-27-17-15-20)18-28-26(32)19-10-12-22(13-11-19)36(33,34)30-23-8-4-5-9-24(23)35-21-6-2-1-3-7-21/h1-13,20,27,30H,14-18H2,(H,28,32)(H,29,31). The molecule has 3 aromatic rings. The quantitative estimate of drug-likeness (QED) is 0.352. The number of rotatable bonds is 9. The normalized spacial score (nSPS) is 14.0. The van der Waals surface area contributed by atoms with Crippen molar-refractivity contribution in [3.8, 4) is 11.5 Å². The van der Waals surface area contributed by atoms with Crippen LogP contribution in [-0.4, -0.2) is 45.9 Å². The van der Waals surface area contributed by atoms with Gasteiger partial charge in [-0.25, -0.2) is 8.42 Å². The molecule has 1 aliphatic heterocycles. The molecular formula is C26H28N4O5S. The number of carbonyl (C=O) groups excluding carboxylic acids is 2. The lowest BCUT2D eigenvalue weighted by Crippen LogP contribution is -2.46. The van der Waals surface area contributed by atoms with Crippen LogP contribution >= 0.6 is 0 Å². The van der Waals surface area contributed by atoms with Crippen LogP contribution in [0.15, 0.2) is 83.8 Å². The lowest BCUT2D eigenvalue weighted by molar-refractivity contribution is -0.121. The first kappa shape index (κ1) is 25.2. The van der Waals surface area contributed by atoms with Gasteiger partial charge in [-0.2, -0.15) is 0 Å². The summed E-state index contributed by atoms with van der Waals surface area (Å²) in [6.45, 7) is 1.56. The zero-order chi connectivity index (χ0) is 25.4. The first-order valence-corrected chi connectivity index (χ1v) is 13.1. The maximum atomic E-state index is 13.0. The number of nitrogens with one attached hydrogen (secondary N) is 4. The molecule has 9 nitrogen and oxygen atoms in total. The summed E-state index contributed by atoms with van der Waals surface area (Å²) < 4.78 is 34.3. The number of benzene rings is 3. The number of ether oxygens (including phenoxy) is 1. The van der Waals surface area contributed by atoms with Crippen molar-refractivity contribution in [3.63, 3.8) is 0 Å². The average molecular weight is 509 g/mol. The molecule has 4 rings (SSSR count). The van der Waals surface area contributed by atoms with Crippen LogP contribution in [0.1, 0.15) is 23.2 Å². The Morgan fingerprint density at radius 1 is 0.889 bits per heavy atom. The summed E-state index contributed by atoms with van der Waals surface area (Å²) in [6.07, 6.45) is 1.71. The highest BCUT2D eigenvalue weighted by molar-refractivity contribution is 7.92. The van der Waals surface area contributed by atoms with E-state index in [9.17, 15) is 18.0 Å². The molecule has 0 aliphatic carbocycles. The highest BCUT2D eigenvalue weighted by Crippen LogP contribution is 2.30. The van der Waals surface area contributed by atoms with Crippen LogP contribution < -0.4 is 25.4 Å². The van der Waals surface area contributed by atoms with Crippen molar-refractivity contribution in [3.05, 3.63) is 84.4 Å². The van der Waals surface area contributed by atoms with Crippen LogP contribution in [0, 0.1) is 0 Å². The van der Waals surface area contributed by atoms with E-state index in [1.165, 1.54) is 24.3 Å². The van der Waals surface area contributed by atoms with Gasteiger partial charge in [-0.3, -0.25) is 14.3 Å². The van der Waals surface area contributed by atoms with Gasteiger partial charge < -0.3 is 20.7 Å². The molecule has 0 bridgehead atoms. The molecular weight excluding hydrogens is 480 g/mol. The molecule has 2 amide bonds. The van der Waals surface area contributed by atoms with Crippen LogP contribution in [0.4, 0.5) is 5.69 Å². The van der Waals surface area contributed by atoms with Crippen LogP contribution in [0.25, 0.3) is 0 Å². The molecule has 1 heterocycles. The lowest BCUT2D eigenvalue weighted by Gasteiger charge is -2.23. The molecule has 0 spiro atoms. The minimum atomic E-state index is -3.94. The summed E-state index contributed by atoms with van der Waals surface area (Å²) in [7, 11) is -3.94. The minimum Gasteiger partial charge on any atom is -0.455 e. The molecule has 1 saturated heterocycles. The van der Waals surface area contributed by atoms with Crippen molar-refractivity contribution in [1.29, 1.82) is 0 Å². The maximum absolute atomic E-state index is 13.0. The van der Waals surface area contributed by atoms with E-state index in [0.29, 0.717) is 11.5 Å². The molecule has 188 valence electrons. The Hall–Kier alpha value is -3.89. The predicted molar refractivity (Wildman–Crippen MR) is 137 cm³/mol. The summed E-state index contributed by atoms with van der Waals surface area (Å²) in [5.74, 6) is 0.207. The number of carbonyl (C=O) groups is 2. The van der Waals surface area contributed by atoms with Crippen molar-refractivity contribution in [1.82, 2.24) is 16.0 Å². The highest BCUT2D eigenvalue weighted by atomic mass is 32.2. The molecule has 36 heavy (non-hydrogen) atoms. The predicted octanol–water partition coefficient (Wildman–Crippen LogP) is 2.88. The maximum Gasteiger partial charge on any atom is 0.262 e. The van der Waals surface area contributed by atoms with Crippen molar-refractivity contribution < 1.29 is 22.7 Å². The molecule has 1 fully saturated rings. The number of piperidine rings is 1. The summed E-state index contributed by atoms with van der Waals surface area (Å²) >= 11 is 0. The van der Waals surface area contributed by atoms with Crippen molar-refractivity contribution in [2.75, 3.05) is 24.4 Å². The largest absolute Gasteiger partial charge is 0.455 e. The Bertz CT molecular complexity index is 1290. The van der Waals surface area contributed by atoms with Gasteiger partial charge in [0, 0.05) is 11.6 Å². The van der Waals surface area contributed by atoms with Gasteiger partial charge in [-0.15, -0.1) is 0 Å². The third-order valence-corrected chi connectivity index (χ3v) is 7.02. The number of sulfonamides is 1. The minimum absolute atomic E-state index is 0.0165. The molecule has 0 saturated carbocycles. The number of para-hydroxylation sites is 3. The first-order valence-electron chi connectivity index (χ1n) is 11.6. The average Bonchev–Trinajstić information content (AvgIpc) is 2.89. The summed E-state index contributed by atoms with van der Waals surface area (Å²) in [5, 5.41) is 8.70. The summed E-state index contributed by atoms with van der Waals surface area (Å²) in [4.78, 5) is 24.5. The van der Waals surface area contributed by atoms with Gasteiger partial charge in [0.05, 0.1) is 17.1 Å². The van der Waals surface area contributed by atoms with E-state index in [2.05, 4.69) is 20.7 Å². The molecule has 1 aliphatic rings. The fourth-order valence-electron chi connectivity index (χ4n) is 3.75. The van der Waals surface area contributed by atoms with Gasteiger partial charge in [-0.05, 0) is 74.5 Å². The lowest BCUT2D eigenvalue weighted by atomic mass is 10.1. The van der Waals surface area contributed by atoms with E-state index in [1.54, 1.807) is 36.4 Å². The number of anilines is 1. The Labute approximate surface area is 210 Å². The topological polar surface area (TPSA) is 126 Å². The van der Waals surface area contributed by atoms with E-state index in [1.807, 2.05) is 18.2 Å². The summed E-state index contributed by atoms with van der Waals surface area (Å²) in [5.41, 5.74) is 0.527. The van der Waals surface area contributed by atoms with Crippen LogP contribution in [0.3, 0.4) is 0 Å². The molecule has 4 N–H and O–H groups in total. The van der Waals surface area contributed by atoms with E-state index >= 15 is 0 Å². The third kappa shape index (κ3) is 6.83. The second kappa shape index (κ2) is 11.7. The van der Waals surface area contributed by atoms with E-state index in [0.717, 1.165) is 25.9 Å². The Kier molecular flexibility index (Phi) is 8.19. The van der Waals surface area contributed by atoms with Gasteiger partial charge in [-0.1, -0.05) is 30.3 Å². The van der Waals surface area contributed by atoms with Gasteiger partial charge in [0.2, 0.25) is 5.91 Å². The number of hydrogen-bond donors (Lipinski definition) is 4. The van der Waals surface area contributed by atoms with Gasteiger partial charge in [0.25, 0.3) is 15.9 Å². The molecule has 0 atom stereocenters. The highest BCUT2D eigenvalue weighted by Gasteiger charge is 2.19. The first-order chi connectivity index (χ1) is 17.4. The Morgan fingerprint density at radius 3 is 2.28 bits per heavy atom. The van der Waals surface area contributed by atoms with Crippen LogP contribution in [0.2, 0.25) is 0 Å². The van der Waals surface area contributed by atoms with Crippen molar-refractivity contribution in [2.24, 2.45) is 0 Å². The van der Waals surface area contributed by atoms with E-state index in [-0.39, 0.29) is 34.6 Å². The molecule has 0 unspecified atom stereocenters. The fourth-order valence-corrected chi connectivity index (χ4v) is 4.82. The third-order valence-electron chi connectivity index (χ3n) is 5.64. The van der Waals surface area contributed by atoms with Crippen molar-refractivity contribution >= 4 is 27.5 Å². The second-order valence-electron chi connectivity index (χ2n) is 8.32. The van der Waals surface area contributed by atoms with Crippen molar-refractivity contribution in [2.45, 2.75) is 23.8 Å². The monoisotopic (exact) mass is 508 g/mol. The van der Waals surface area contributed by atoms with E-state index in [4.69, 9.17) is 4.74 Å². The number of hydrogen-bond acceptors (Lipinski definition) is 6. The second-order valence-corrected chi connectivity index (χ2v) is 10.00. The zero-order valence-corrected chi connectivity index (χ0v) is 20.4. The van der Waals surface area contributed by atoms with Gasteiger partial charge >= 0.3 is 0 Å². The molecule has 10 heteroatoms. The smallest absolute Gasteiger partial charge is 0.262 e. The zero-order valence-electron chi connectivity index (χ0n) is 19.6. The summed E-state index contributed by atoms with van der Waals surface area (Å²) in [6, 6.07) is 21.3. The molecule has 3 aromatic carbocycles. The fraction of sp³-hybridized carbons (Fsp3) is 0.231. The van der Waals surface area contributed by atoms with Crippen LogP contribution in [-0.2, 0) is 14.8 Å². The van der Waals surface area contributed by atoms with E-state index < -0.39 is 15.9 Å². The van der Waals surface area contributed by atoms with Gasteiger partial charge in [0.1, 0.15) is 5.75 Å². The Morgan fingerprint density at radius 2 is 1.56 bits per heavy atom. The van der Waals surface area contributed by atoms with Crippen LogP contribution in [0.5, 0.6) is 11.5 Å². The molecule has 0 aromatic heterocycles.